The second-order valence-electron chi connectivity index (χ2n) is 5.74. The van der Waals surface area contributed by atoms with E-state index in [1.807, 2.05) is 32.9 Å². The molecule has 0 aromatic heterocycles. The lowest BCUT2D eigenvalue weighted by Crippen LogP contribution is -2.27. The third kappa shape index (κ3) is 3.23. The summed E-state index contributed by atoms with van der Waals surface area (Å²) < 4.78 is 5.15. The van der Waals surface area contributed by atoms with Crippen molar-refractivity contribution in [3.63, 3.8) is 0 Å². The summed E-state index contributed by atoms with van der Waals surface area (Å²) >= 11 is 0. The normalized spacial score (nSPS) is 17.1. The molecule has 1 aromatic rings. The molecule has 0 bridgehead atoms. The first-order valence-electron chi connectivity index (χ1n) is 6.11. The molecule has 0 aliphatic heterocycles. The number of nitrogens with one attached hydrogen (secondary N) is 1. The zero-order valence-corrected chi connectivity index (χ0v) is 11.0. The van der Waals surface area contributed by atoms with Crippen molar-refractivity contribution >= 4 is 11.8 Å². The number of carbonyl (C=O) groups excluding carboxylic acids is 1. The Morgan fingerprint density at radius 2 is 1.83 bits per heavy atom. The molecule has 18 heavy (non-hydrogen) atoms. The molecule has 0 radical (unpaired) electrons. The Hall–Kier alpha value is -1.55. The zero-order valence-electron chi connectivity index (χ0n) is 11.0. The third-order valence-electron chi connectivity index (χ3n) is 2.79. The Kier molecular flexibility index (Phi) is 3.07. The van der Waals surface area contributed by atoms with Gasteiger partial charge >= 0.3 is 6.09 Å². The van der Waals surface area contributed by atoms with Crippen molar-refractivity contribution in [3.8, 4) is 0 Å². The highest BCUT2D eigenvalue weighted by molar-refractivity contribution is 5.84. The Balaban J connectivity index is 1.96. The van der Waals surface area contributed by atoms with E-state index in [1.165, 1.54) is 0 Å². The van der Waals surface area contributed by atoms with Crippen molar-refractivity contribution in [2.24, 2.45) is 0 Å². The molecular formula is C14H19NO3. The van der Waals surface area contributed by atoms with Gasteiger partial charge in [-0.15, -0.1) is 0 Å². The van der Waals surface area contributed by atoms with Crippen LogP contribution in [0.4, 0.5) is 10.5 Å². The van der Waals surface area contributed by atoms with Crippen LogP contribution >= 0.6 is 0 Å². The number of hydrogen-bond donors (Lipinski definition) is 2. The van der Waals surface area contributed by atoms with Crippen molar-refractivity contribution in [2.75, 3.05) is 5.32 Å². The van der Waals surface area contributed by atoms with Crippen LogP contribution in [-0.2, 0) is 10.3 Å². The van der Waals surface area contributed by atoms with E-state index in [0.29, 0.717) is 5.69 Å². The number of amides is 1. The highest BCUT2D eigenvalue weighted by Gasteiger charge is 2.41. The SMILES string of the molecule is CC(C)(C)OC(=O)Nc1ccc(C2(O)CC2)cc1. The van der Waals surface area contributed by atoms with Crippen molar-refractivity contribution in [2.45, 2.75) is 44.8 Å². The Labute approximate surface area is 107 Å². The van der Waals surface area contributed by atoms with Crippen molar-refractivity contribution in [1.29, 1.82) is 0 Å². The third-order valence-corrected chi connectivity index (χ3v) is 2.79. The molecule has 0 unspecified atom stereocenters. The number of anilines is 1. The van der Waals surface area contributed by atoms with Gasteiger partial charge in [-0.1, -0.05) is 12.1 Å². The lowest BCUT2D eigenvalue weighted by Gasteiger charge is -2.19. The van der Waals surface area contributed by atoms with E-state index in [-0.39, 0.29) is 0 Å². The minimum Gasteiger partial charge on any atom is -0.444 e. The highest BCUT2D eigenvalue weighted by atomic mass is 16.6. The topological polar surface area (TPSA) is 58.6 Å². The fourth-order valence-electron chi connectivity index (χ4n) is 1.69. The molecule has 1 amide bonds. The number of carbonyl (C=O) groups is 1. The monoisotopic (exact) mass is 249 g/mol. The van der Waals surface area contributed by atoms with Crippen LogP contribution in [0.2, 0.25) is 0 Å². The molecule has 98 valence electrons. The summed E-state index contributed by atoms with van der Waals surface area (Å²) in [5.74, 6) is 0. The van der Waals surface area contributed by atoms with Gasteiger partial charge in [-0.05, 0) is 51.3 Å². The number of hydrogen-bond acceptors (Lipinski definition) is 3. The van der Waals surface area contributed by atoms with E-state index in [0.717, 1.165) is 18.4 Å². The molecule has 2 rings (SSSR count). The molecule has 0 heterocycles. The summed E-state index contributed by atoms with van der Waals surface area (Å²) in [5, 5.41) is 12.6. The van der Waals surface area contributed by atoms with Crippen LogP contribution in [0.1, 0.15) is 39.2 Å². The number of ether oxygens (including phenoxy) is 1. The van der Waals surface area contributed by atoms with E-state index >= 15 is 0 Å². The van der Waals surface area contributed by atoms with Crippen molar-refractivity contribution < 1.29 is 14.6 Å². The van der Waals surface area contributed by atoms with E-state index in [9.17, 15) is 9.90 Å². The van der Waals surface area contributed by atoms with Gasteiger partial charge in [0.25, 0.3) is 0 Å². The van der Waals surface area contributed by atoms with Gasteiger partial charge in [0, 0.05) is 5.69 Å². The van der Waals surface area contributed by atoms with E-state index < -0.39 is 17.3 Å². The Morgan fingerprint density at radius 3 is 2.28 bits per heavy atom. The maximum Gasteiger partial charge on any atom is 0.412 e. The summed E-state index contributed by atoms with van der Waals surface area (Å²) in [6, 6.07) is 7.21. The number of benzene rings is 1. The first kappa shape index (κ1) is 12.9. The highest BCUT2D eigenvalue weighted by Crippen LogP contribution is 2.45. The molecule has 2 N–H and O–H groups in total. The van der Waals surface area contributed by atoms with Crippen LogP contribution in [0.5, 0.6) is 0 Å². The second-order valence-corrected chi connectivity index (χ2v) is 5.74. The van der Waals surface area contributed by atoms with E-state index in [4.69, 9.17) is 4.74 Å². The van der Waals surface area contributed by atoms with Gasteiger partial charge in [-0.3, -0.25) is 5.32 Å². The van der Waals surface area contributed by atoms with E-state index in [2.05, 4.69) is 5.32 Å². The molecule has 0 saturated heterocycles. The maximum atomic E-state index is 11.5. The average molecular weight is 249 g/mol. The number of aliphatic hydroxyl groups is 1. The molecule has 0 spiro atoms. The van der Waals surface area contributed by atoms with Crippen molar-refractivity contribution in [1.82, 2.24) is 0 Å². The average Bonchev–Trinajstić information content (AvgIpc) is 2.95. The minimum atomic E-state index is -0.634. The van der Waals surface area contributed by atoms with Crippen LogP contribution in [0.3, 0.4) is 0 Å². The van der Waals surface area contributed by atoms with Gasteiger partial charge < -0.3 is 9.84 Å². The molecule has 0 atom stereocenters. The van der Waals surface area contributed by atoms with Gasteiger partial charge in [0.2, 0.25) is 0 Å². The standard InChI is InChI=1S/C14H19NO3/c1-13(2,3)18-12(16)15-11-6-4-10(5-7-11)14(17)8-9-14/h4-7,17H,8-9H2,1-3H3,(H,15,16). The van der Waals surface area contributed by atoms with Gasteiger partial charge in [-0.25, -0.2) is 4.79 Å². The molecule has 1 fully saturated rings. The van der Waals surface area contributed by atoms with Crippen LogP contribution in [-0.4, -0.2) is 16.8 Å². The molecular weight excluding hydrogens is 230 g/mol. The number of rotatable bonds is 2. The quantitative estimate of drug-likeness (QED) is 0.847. The smallest absolute Gasteiger partial charge is 0.412 e. The van der Waals surface area contributed by atoms with Crippen LogP contribution < -0.4 is 5.32 Å². The minimum absolute atomic E-state index is 0.472. The molecule has 1 saturated carbocycles. The van der Waals surface area contributed by atoms with Crippen LogP contribution in [0.15, 0.2) is 24.3 Å². The first-order chi connectivity index (χ1) is 8.28. The van der Waals surface area contributed by atoms with Gasteiger partial charge in [-0.2, -0.15) is 0 Å². The predicted octanol–water partition coefficient (Wildman–Crippen LogP) is 3.02. The molecule has 1 aromatic carbocycles. The van der Waals surface area contributed by atoms with Gasteiger partial charge in [0.05, 0.1) is 5.60 Å². The maximum absolute atomic E-state index is 11.5. The fourth-order valence-corrected chi connectivity index (χ4v) is 1.69. The lowest BCUT2D eigenvalue weighted by atomic mass is 10.1. The lowest BCUT2D eigenvalue weighted by molar-refractivity contribution is 0.0636. The second kappa shape index (κ2) is 4.28. The predicted molar refractivity (Wildman–Crippen MR) is 69.4 cm³/mol. The molecule has 4 nitrogen and oxygen atoms in total. The Bertz CT molecular complexity index is 441. The summed E-state index contributed by atoms with van der Waals surface area (Å²) in [4.78, 5) is 11.5. The fraction of sp³-hybridized carbons (Fsp3) is 0.500. The summed E-state index contributed by atoms with van der Waals surface area (Å²) in [7, 11) is 0. The van der Waals surface area contributed by atoms with E-state index in [1.54, 1.807) is 12.1 Å². The van der Waals surface area contributed by atoms with Gasteiger partial charge in [0.1, 0.15) is 5.60 Å². The summed E-state index contributed by atoms with van der Waals surface area (Å²) in [5.41, 5.74) is 0.423. The zero-order chi connectivity index (χ0) is 13.4. The van der Waals surface area contributed by atoms with Crippen LogP contribution in [0, 0.1) is 0 Å². The van der Waals surface area contributed by atoms with Crippen molar-refractivity contribution in [3.05, 3.63) is 29.8 Å². The Morgan fingerprint density at radius 1 is 1.28 bits per heavy atom. The molecule has 1 aliphatic carbocycles. The van der Waals surface area contributed by atoms with Gasteiger partial charge in [0.15, 0.2) is 0 Å². The largest absolute Gasteiger partial charge is 0.444 e. The van der Waals surface area contributed by atoms with Crippen LogP contribution in [0.25, 0.3) is 0 Å². The summed E-state index contributed by atoms with van der Waals surface area (Å²) in [6.45, 7) is 5.45. The molecule has 4 heteroatoms. The summed E-state index contributed by atoms with van der Waals surface area (Å²) in [6.07, 6.45) is 1.15. The molecule has 1 aliphatic rings. The first-order valence-corrected chi connectivity index (χ1v) is 6.11.